The molecule has 0 aliphatic rings. The second-order valence-corrected chi connectivity index (χ2v) is 5.03. The van der Waals surface area contributed by atoms with Gasteiger partial charge in [-0.2, -0.15) is 5.10 Å². The van der Waals surface area contributed by atoms with Gasteiger partial charge in [-0.1, -0.05) is 11.6 Å². The molecule has 1 N–H and O–H groups in total. The molecule has 0 spiro atoms. The first-order valence-corrected chi connectivity index (χ1v) is 5.83. The van der Waals surface area contributed by atoms with Gasteiger partial charge >= 0.3 is 0 Å². The lowest BCUT2D eigenvalue weighted by molar-refractivity contribution is 0.766. The fourth-order valence-corrected chi connectivity index (χ4v) is 2.57. The van der Waals surface area contributed by atoms with E-state index in [0.29, 0.717) is 0 Å². The van der Waals surface area contributed by atoms with E-state index in [9.17, 15) is 0 Å². The number of hydrogen-bond acceptors (Lipinski definition) is 3. The minimum atomic E-state index is 0.797. The Bertz CT molecular complexity index is 461. The number of aryl methyl sites for hydroxylation is 1. The monoisotopic (exact) mass is 241 g/mol. The van der Waals surface area contributed by atoms with Crippen LogP contribution in [0.25, 0.3) is 10.6 Å². The van der Waals surface area contributed by atoms with Crippen LogP contribution in [0, 0.1) is 0 Å². The highest BCUT2D eigenvalue weighted by Crippen LogP contribution is 2.31. The zero-order chi connectivity index (χ0) is 10.8. The molecule has 0 bridgehead atoms. The Labute approximate surface area is 97.7 Å². The molecule has 0 aromatic carbocycles. The first kappa shape index (κ1) is 10.7. The smallest absolute Gasteiger partial charge is 0.107 e. The molecule has 2 rings (SSSR count). The molecule has 2 heterocycles. The quantitative estimate of drug-likeness (QED) is 0.895. The maximum absolute atomic E-state index is 5.91. The molecule has 0 saturated carbocycles. The summed E-state index contributed by atoms with van der Waals surface area (Å²) in [6.07, 6.45) is 2.03. The van der Waals surface area contributed by atoms with Crippen molar-refractivity contribution < 1.29 is 0 Å². The number of nitrogens with zero attached hydrogens (tertiary/aromatic N) is 2. The molecule has 0 radical (unpaired) electrons. The van der Waals surface area contributed by atoms with Crippen molar-refractivity contribution in [3.05, 3.63) is 28.2 Å². The number of hydrogen-bond donors (Lipinski definition) is 1. The molecule has 2 aromatic rings. The van der Waals surface area contributed by atoms with E-state index < -0.39 is 0 Å². The number of thiophene rings is 1. The van der Waals surface area contributed by atoms with Crippen LogP contribution in [0.3, 0.4) is 0 Å². The fraction of sp³-hybridized carbons (Fsp3) is 0.300. The van der Waals surface area contributed by atoms with Gasteiger partial charge in [0.05, 0.1) is 9.21 Å². The first-order valence-electron chi connectivity index (χ1n) is 4.63. The minimum absolute atomic E-state index is 0.797. The number of halogens is 1. The van der Waals surface area contributed by atoms with Crippen molar-refractivity contribution in [1.82, 2.24) is 15.1 Å². The van der Waals surface area contributed by atoms with Crippen molar-refractivity contribution in [2.75, 3.05) is 7.05 Å². The van der Waals surface area contributed by atoms with Gasteiger partial charge in [-0.25, -0.2) is 0 Å². The molecule has 0 aliphatic carbocycles. The van der Waals surface area contributed by atoms with Gasteiger partial charge in [-0.3, -0.25) is 4.68 Å². The summed E-state index contributed by atoms with van der Waals surface area (Å²) in [6, 6.07) is 3.91. The van der Waals surface area contributed by atoms with Gasteiger partial charge in [-0.05, 0) is 19.2 Å². The summed E-state index contributed by atoms with van der Waals surface area (Å²) in [4.78, 5) is 1.12. The van der Waals surface area contributed by atoms with Gasteiger partial charge in [-0.15, -0.1) is 11.3 Å². The average molecular weight is 242 g/mol. The Morgan fingerprint density at radius 1 is 1.53 bits per heavy atom. The molecule has 15 heavy (non-hydrogen) atoms. The largest absolute Gasteiger partial charge is 0.316 e. The lowest BCUT2D eigenvalue weighted by Crippen LogP contribution is -2.04. The van der Waals surface area contributed by atoms with Crippen LogP contribution in [0.1, 0.15) is 5.56 Å². The van der Waals surface area contributed by atoms with Crippen molar-refractivity contribution >= 4 is 22.9 Å². The van der Waals surface area contributed by atoms with Crippen LogP contribution in [0.2, 0.25) is 4.34 Å². The Morgan fingerprint density at radius 3 is 2.93 bits per heavy atom. The van der Waals surface area contributed by atoms with Crippen molar-refractivity contribution in [3.8, 4) is 10.6 Å². The standard InChI is InChI=1S/C10H12ClN3S/c1-12-5-7-6-14(2)13-10(7)8-3-4-9(11)15-8/h3-4,6,12H,5H2,1-2H3. The highest BCUT2D eigenvalue weighted by atomic mass is 35.5. The van der Waals surface area contributed by atoms with E-state index in [1.54, 1.807) is 11.3 Å². The van der Waals surface area contributed by atoms with Crippen LogP contribution in [0.5, 0.6) is 0 Å². The normalized spacial score (nSPS) is 10.9. The van der Waals surface area contributed by atoms with Crippen molar-refractivity contribution in [2.45, 2.75) is 6.54 Å². The summed E-state index contributed by atoms with van der Waals surface area (Å²) in [7, 11) is 3.86. The van der Waals surface area contributed by atoms with Gasteiger partial charge < -0.3 is 5.32 Å². The molecular formula is C10H12ClN3S. The third-order valence-corrected chi connectivity index (χ3v) is 3.32. The Kier molecular flexibility index (Phi) is 3.09. The van der Waals surface area contributed by atoms with Gasteiger partial charge in [0.25, 0.3) is 0 Å². The molecule has 0 amide bonds. The van der Waals surface area contributed by atoms with E-state index in [-0.39, 0.29) is 0 Å². The Morgan fingerprint density at radius 2 is 2.33 bits per heavy atom. The van der Waals surface area contributed by atoms with E-state index >= 15 is 0 Å². The third kappa shape index (κ3) is 2.22. The molecule has 0 aliphatic heterocycles. The van der Waals surface area contributed by atoms with E-state index in [1.165, 1.54) is 5.56 Å². The molecular weight excluding hydrogens is 230 g/mol. The zero-order valence-corrected chi connectivity index (χ0v) is 10.2. The predicted molar refractivity (Wildman–Crippen MR) is 64.3 cm³/mol. The van der Waals surface area contributed by atoms with E-state index in [1.807, 2.05) is 37.1 Å². The lowest BCUT2D eigenvalue weighted by Gasteiger charge is -1.97. The minimum Gasteiger partial charge on any atom is -0.316 e. The molecule has 5 heteroatoms. The number of aromatic nitrogens is 2. The molecule has 0 saturated heterocycles. The maximum atomic E-state index is 5.91. The molecule has 80 valence electrons. The van der Waals surface area contributed by atoms with Crippen LogP contribution in [-0.2, 0) is 13.6 Å². The van der Waals surface area contributed by atoms with Gasteiger partial charge in [0.1, 0.15) is 5.69 Å². The summed E-state index contributed by atoms with van der Waals surface area (Å²) in [6.45, 7) is 0.818. The van der Waals surface area contributed by atoms with Gasteiger partial charge in [0.2, 0.25) is 0 Å². The maximum Gasteiger partial charge on any atom is 0.107 e. The van der Waals surface area contributed by atoms with E-state index in [0.717, 1.165) is 21.5 Å². The molecule has 3 nitrogen and oxygen atoms in total. The zero-order valence-electron chi connectivity index (χ0n) is 8.62. The molecule has 0 fully saturated rings. The Balaban J connectivity index is 2.42. The Hall–Kier alpha value is -0.840. The summed E-state index contributed by atoms with van der Waals surface area (Å²) >= 11 is 7.47. The third-order valence-electron chi connectivity index (χ3n) is 2.08. The molecule has 2 aromatic heterocycles. The van der Waals surface area contributed by atoms with Gasteiger partial charge in [0.15, 0.2) is 0 Å². The molecule has 0 atom stereocenters. The first-order chi connectivity index (χ1) is 7.20. The summed E-state index contributed by atoms with van der Waals surface area (Å²) in [5.74, 6) is 0. The highest BCUT2D eigenvalue weighted by Gasteiger charge is 2.11. The van der Waals surface area contributed by atoms with Crippen LogP contribution in [0.15, 0.2) is 18.3 Å². The summed E-state index contributed by atoms with van der Waals surface area (Å²) in [5.41, 5.74) is 2.21. The predicted octanol–water partition coefficient (Wildman–Crippen LogP) is 2.52. The highest BCUT2D eigenvalue weighted by molar-refractivity contribution is 7.19. The van der Waals surface area contributed by atoms with Crippen LogP contribution >= 0.6 is 22.9 Å². The summed E-state index contributed by atoms with van der Waals surface area (Å²) in [5, 5.41) is 7.57. The van der Waals surface area contributed by atoms with Crippen molar-refractivity contribution in [3.63, 3.8) is 0 Å². The second kappa shape index (κ2) is 4.35. The SMILES string of the molecule is CNCc1cn(C)nc1-c1ccc(Cl)s1. The van der Waals surface area contributed by atoms with E-state index in [4.69, 9.17) is 11.6 Å². The number of rotatable bonds is 3. The van der Waals surface area contributed by atoms with Crippen molar-refractivity contribution in [1.29, 1.82) is 0 Å². The van der Waals surface area contributed by atoms with Crippen LogP contribution < -0.4 is 5.32 Å². The summed E-state index contributed by atoms with van der Waals surface area (Å²) < 4.78 is 2.63. The second-order valence-electron chi connectivity index (χ2n) is 3.31. The fourth-order valence-electron chi connectivity index (χ4n) is 1.51. The average Bonchev–Trinajstić information content (AvgIpc) is 2.73. The topological polar surface area (TPSA) is 29.9 Å². The van der Waals surface area contributed by atoms with E-state index in [2.05, 4.69) is 10.4 Å². The lowest BCUT2D eigenvalue weighted by atomic mass is 10.2. The molecule has 0 unspecified atom stereocenters. The number of nitrogens with one attached hydrogen (secondary N) is 1. The van der Waals surface area contributed by atoms with Crippen LogP contribution in [-0.4, -0.2) is 16.8 Å². The van der Waals surface area contributed by atoms with Crippen molar-refractivity contribution in [2.24, 2.45) is 7.05 Å². The van der Waals surface area contributed by atoms with Gasteiger partial charge in [0, 0.05) is 25.4 Å². The van der Waals surface area contributed by atoms with Crippen LogP contribution in [0.4, 0.5) is 0 Å².